The number of hydrogen-bond acceptors (Lipinski definition) is 3. The number of hydrogen-bond donors (Lipinski definition) is 2. The van der Waals surface area contributed by atoms with Crippen molar-refractivity contribution < 1.29 is 15.0 Å². The standard InChI is InChI=1S/C10H12O3/c1-7(11)6-10(13)8-2-4-9(12)5-3-8/h2-4,6,9,12-13H,5H2,1H3/b10-6-. The summed E-state index contributed by atoms with van der Waals surface area (Å²) >= 11 is 0. The van der Waals surface area contributed by atoms with Crippen molar-refractivity contribution in [3.8, 4) is 0 Å². The van der Waals surface area contributed by atoms with E-state index in [0.29, 0.717) is 12.0 Å². The molecule has 0 amide bonds. The summed E-state index contributed by atoms with van der Waals surface area (Å²) in [5, 5.41) is 18.5. The van der Waals surface area contributed by atoms with Crippen LogP contribution in [0.3, 0.4) is 0 Å². The average Bonchev–Trinajstić information content (AvgIpc) is 2.04. The summed E-state index contributed by atoms with van der Waals surface area (Å²) in [4.78, 5) is 10.6. The second-order valence-electron chi connectivity index (χ2n) is 2.96. The molecule has 0 aliphatic heterocycles. The number of ketones is 1. The third-order valence-corrected chi connectivity index (χ3v) is 1.71. The van der Waals surface area contributed by atoms with Gasteiger partial charge in [0.05, 0.1) is 6.10 Å². The topological polar surface area (TPSA) is 57.5 Å². The van der Waals surface area contributed by atoms with Gasteiger partial charge in [-0.2, -0.15) is 0 Å². The summed E-state index contributed by atoms with van der Waals surface area (Å²) in [7, 11) is 0. The highest BCUT2D eigenvalue weighted by Gasteiger charge is 2.07. The lowest BCUT2D eigenvalue weighted by Crippen LogP contribution is -2.05. The molecule has 0 saturated carbocycles. The van der Waals surface area contributed by atoms with Gasteiger partial charge in [0.1, 0.15) is 5.76 Å². The molecule has 2 N–H and O–H groups in total. The zero-order valence-electron chi connectivity index (χ0n) is 7.40. The van der Waals surface area contributed by atoms with E-state index in [1.54, 1.807) is 18.2 Å². The molecule has 0 spiro atoms. The first-order valence-electron chi connectivity index (χ1n) is 4.07. The zero-order chi connectivity index (χ0) is 9.84. The van der Waals surface area contributed by atoms with Crippen LogP contribution >= 0.6 is 0 Å². The lowest BCUT2D eigenvalue weighted by Gasteiger charge is -2.09. The van der Waals surface area contributed by atoms with Crippen molar-refractivity contribution in [3.63, 3.8) is 0 Å². The number of aliphatic hydroxyl groups excluding tert-OH is 2. The number of allylic oxidation sites excluding steroid dienone is 2. The van der Waals surface area contributed by atoms with Crippen LogP contribution in [0.4, 0.5) is 0 Å². The molecule has 0 radical (unpaired) electrons. The van der Waals surface area contributed by atoms with E-state index in [4.69, 9.17) is 5.11 Å². The second kappa shape index (κ2) is 4.05. The quantitative estimate of drug-likeness (QED) is 0.497. The van der Waals surface area contributed by atoms with Crippen LogP contribution in [-0.4, -0.2) is 22.1 Å². The third-order valence-electron chi connectivity index (χ3n) is 1.71. The van der Waals surface area contributed by atoms with Gasteiger partial charge in [0.15, 0.2) is 5.78 Å². The van der Waals surface area contributed by atoms with Gasteiger partial charge in [-0.25, -0.2) is 0 Å². The van der Waals surface area contributed by atoms with Crippen molar-refractivity contribution in [2.45, 2.75) is 19.4 Å². The molecule has 3 nitrogen and oxygen atoms in total. The van der Waals surface area contributed by atoms with E-state index < -0.39 is 6.10 Å². The Morgan fingerprint density at radius 3 is 2.85 bits per heavy atom. The fourth-order valence-electron chi connectivity index (χ4n) is 1.07. The summed E-state index contributed by atoms with van der Waals surface area (Å²) in [5.41, 5.74) is 0.584. The number of rotatable bonds is 2. The maximum absolute atomic E-state index is 10.6. The molecule has 13 heavy (non-hydrogen) atoms. The van der Waals surface area contributed by atoms with Crippen LogP contribution in [0.15, 0.2) is 35.6 Å². The Balaban J connectivity index is 2.75. The lowest BCUT2D eigenvalue weighted by molar-refractivity contribution is -0.112. The van der Waals surface area contributed by atoms with Gasteiger partial charge in [-0.05, 0) is 13.3 Å². The van der Waals surface area contributed by atoms with Gasteiger partial charge in [-0.1, -0.05) is 18.2 Å². The molecule has 0 saturated heterocycles. The van der Waals surface area contributed by atoms with Gasteiger partial charge < -0.3 is 10.2 Å². The Bertz CT molecular complexity index is 297. The van der Waals surface area contributed by atoms with Gasteiger partial charge in [0, 0.05) is 11.6 Å². The minimum atomic E-state index is -0.478. The molecule has 1 unspecified atom stereocenters. The predicted molar refractivity (Wildman–Crippen MR) is 49.2 cm³/mol. The molecule has 1 atom stereocenters. The molecule has 0 aromatic carbocycles. The van der Waals surface area contributed by atoms with Gasteiger partial charge in [-0.3, -0.25) is 4.79 Å². The van der Waals surface area contributed by atoms with E-state index in [1.807, 2.05) is 0 Å². The number of aliphatic hydroxyl groups is 2. The molecule has 1 aliphatic carbocycles. The molecule has 1 rings (SSSR count). The highest BCUT2D eigenvalue weighted by atomic mass is 16.3. The fraction of sp³-hybridized carbons (Fsp3) is 0.300. The van der Waals surface area contributed by atoms with Crippen molar-refractivity contribution in [1.82, 2.24) is 0 Å². The molecule has 0 aromatic rings. The molecule has 1 aliphatic rings. The first kappa shape index (κ1) is 9.74. The third kappa shape index (κ3) is 2.87. The Labute approximate surface area is 76.7 Å². The van der Waals surface area contributed by atoms with E-state index in [-0.39, 0.29) is 11.5 Å². The Kier molecular flexibility index (Phi) is 3.03. The summed E-state index contributed by atoms with van der Waals surface area (Å²) in [6.07, 6.45) is 6.03. The van der Waals surface area contributed by atoms with Gasteiger partial charge in [0.25, 0.3) is 0 Å². The van der Waals surface area contributed by atoms with Crippen molar-refractivity contribution >= 4 is 5.78 Å². The summed E-state index contributed by atoms with van der Waals surface area (Å²) in [6.45, 7) is 1.37. The number of carbonyl (C=O) groups is 1. The van der Waals surface area contributed by atoms with E-state index in [0.717, 1.165) is 6.08 Å². The van der Waals surface area contributed by atoms with Crippen LogP contribution in [0.25, 0.3) is 0 Å². The van der Waals surface area contributed by atoms with Crippen LogP contribution < -0.4 is 0 Å². The van der Waals surface area contributed by atoms with Crippen molar-refractivity contribution in [2.24, 2.45) is 0 Å². The molecule has 3 heteroatoms. The SMILES string of the molecule is CC(=O)/C=C(\O)C1=CCC(O)C=C1. The van der Waals surface area contributed by atoms with E-state index in [9.17, 15) is 9.90 Å². The summed E-state index contributed by atoms with van der Waals surface area (Å²) in [6, 6.07) is 0. The van der Waals surface area contributed by atoms with Crippen molar-refractivity contribution in [2.75, 3.05) is 0 Å². The molecular formula is C10H12O3. The van der Waals surface area contributed by atoms with E-state index >= 15 is 0 Å². The minimum Gasteiger partial charge on any atom is -0.507 e. The fourth-order valence-corrected chi connectivity index (χ4v) is 1.07. The molecule has 0 aromatic heterocycles. The normalized spacial score (nSPS) is 22.8. The van der Waals surface area contributed by atoms with Crippen LogP contribution in [0.1, 0.15) is 13.3 Å². The zero-order valence-corrected chi connectivity index (χ0v) is 7.40. The molecule has 0 heterocycles. The van der Waals surface area contributed by atoms with E-state index in [2.05, 4.69) is 0 Å². The Morgan fingerprint density at radius 1 is 1.69 bits per heavy atom. The average molecular weight is 180 g/mol. The number of carbonyl (C=O) groups excluding carboxylic acids is 1. The highest BCUT2D eigenvalue weighted by Crippen LogP contribution is 2.16. The highest BCUT2D eigenvalue weighted by molar-refractivity contribution is 5.88. The van der Waals surface area contributed by atoms with Crippen LogP contribution in [-0.2, 0) is 4.79 Å². The first-order valence-corrected chi connectivity index (χ1v) is 4.07. The lowest BCUT2D eigenvalue weighted by atomic mass is 10.0. The van der Waals surface area contributed by atoms with E-state index in [1.165, 1.54) is 6.92 Å². The molecule has 70 valence electrons. The van der Waals surface area contributed by atoms with Crippen LogP contribution in [0.5, 0.6) is 0 Å². The van der Waals surface area contributed by atoms with Crippen LogP contribution in [0.2, 0.25) is 0 Å². The minimum absolute atomic E-state index is 0.0457. The molecule has 0 bridgehead atoms. The largest absolute Gasteiger partial charge is 0.507 e. The summed E-state index contributed by atoms with van der Waals surface area (Å²) in [5.74, 6) is -0.242. The van der Waals surface area contributed by atoms with Crippen LogP contribution in [0, 0.1) is 0 Å². The maximum Gasteiger partial charge on any atom is 0.156 e. The monoisotopic (exact) mass is 180 g/mol. The summed E-state index contributed by atoms with van der Waals surface area (Å²) < 4.78 is 0. The Hall–Kier alpha value is -1.35. The van der Waals surface area contributed by atoms with Gasteiger partial charge in [-0.15, -0.1) is 0 Å². The molecular weight excluding hydrogens is 168 g/mol. The smallest absolute Gasteiger partial charge is 0.156 e. The maximum atomic E-state index is 10.6. The predicted octanol–water partition coefficient (Wildman–Crippen LogP) is 1.26. The van der Waals surface area contributed by atoms with Crippen molar-refractivity contribution in [3.05, 3.63) is 35.6 Å². The first-order chi connectivity index (χ1) is 6.09. The molecule has 0 fully saturated rings. The van der Waals surface area contributed by atoms with Gasteiger partial charge >= 0.3 is 0 Å². The van der Waals surface area contributed by atoms with Crippen molar-refractivity contribution in [1.29, 1.82) is 0 Å². The second-order valence-corrected chi connectivity index (χ2v) is 2.96. The Morgan fingerprint density at radius 2 is 2.38 bits per heavy atom. The van der Waals surface area contributed by atoms with Gasteiger partial charge in [0.2, 0.25) is 0 Å².